The number of halogens is 1. The fourth-order valence-electron chi connectivity index (χ4n) is 1.70. The minimum absolute atomic E-state index is 0.00938. The first-order valence-electron chi connectivity index (χ1n) is 6.71. The number of carbonyl (C=O) groups is 1. The lowest BCUT2D eigenvalue weighted by atomic mass is 10.3. The second-order valence-electron chi connectivity index (χ2n) is 4.64. The van der Waals surface area contributed by atoms with Gasteiger partial charge in [-0.2, -0.15) is 0 Å². The van der Waals surface area contributed by atoms with Crippen LogP contribution in [0.1, 0.15) is 10.7 Å². The molecule has 0 radical (unpaired) electrons. The maximum atomic E-state index is 12.3. The van der Waals surface area contributed by atoms with Crippen molar-refractivity contribution >= 4 is 38.9 Å². The summed E-state index contributed by atoms with van der Waals surface area (Å²) in [4.78, 5) is 15.2. The number of ether oxygens (including phenoxy) is 2. The van der Waals surface area contributed by atoms with E-state index < -0.39 is 16.0 Å². The van der Waals surface area contributed by atoms with Crippen LogP contribution < -0.4 is 9.46 Å². The third-order valence-electron chi connectivity index (χ3n) is 2.90. The van der Waals surface area contributed by atoms with Crippen molar-refractivity contribution in [3.05, 3.63) is 39.3 Å². The van der Waals surface area contributed by atoms with Crippen LogP contribution in [0.2, 0.25) is 5.02 Å². The molecule has 0 amide bonds. The van der Waals surface area contributed by atoms with E-state index >= 15 is 0 Å². The molecule has 0 atom stereocenters. The van der Waals surface area contributed by atoms with E-state index in [9.17, 15) is 13.2 Å². The maximum Gasteiger partial charge on any atom is 0.343 e. The van der Waals surface area contributed by atoms with Crippen molar-refractivity contribution in [1.82, 2.24) is 9.71 Å². The molecule has 0 fully saturated rings. The van der Waals surface area contributed by atoms with Gasteiger partial charge in [0, 0.05) is 5.38 Å². The Morgan fingerprint density at radius 1 is 1.42 bits per heavy atom. The Labute approximate surface area is 148 Å². The SMILES string of the molecule is COC(=O)COc1ccc(S(=O)(=O)NCc2csc(C)n2)cc1Cl. The molecule has 1 aromatic heterocycles. The quantitative estimate of drug-likeness (QED) is 0.728. The number of aryl methyl sites for hydroxylation is 1. The predicted molar refractivity (Wildman–Crippen MR) is 89.8 cm³/mol. The summed E-state index contributed by atoms with van der Waals surface area (Å²) in [5.74, 6) is -0.376. The Morgan fingerprint density at radius 2 is 2.17 bits per heavy atom. The summed E-state index contributed by atoms with van der Waals surface area (Å²) in [6.07, 6.45) is 0. The van der Waals surface area contributed by atoms with Gasteiger partial charge >= 0.3 is 5.97 Å². The molecule has 1 heterocycles. The fraction of sp³-hybridized carbons (Fsp3) is 0.286. The van der Waals surface area contributed by atoms with E-state index in [-0.39, 0.29) is 28.8 Å². The molecule has 7 nitrogen and oxygen atoms in total. The van der Waals surface area contributed by atoms with Crippen molar-refractivity contribution in [3.63, 3.8) is 0 Å². The monoisotopic (exact) mass is 390 g/mol. The van der Waals surface area contributed by atoms with Crippen molar-refractivity contribution in [2.75, 3.05) is 13.7 Å². The van der Waals surface area contributed by atoms with E-state index in [2.05, 4.69) is 14.4 Å². The van der Waals surface area contributed by atoms with E-state index in [1.54, 1.807) is 5.38 Å². The van der Waals surface area contributed by atoms with Crippen molar-refractivity contribution in [2.45, 2.75) is 18.4 Å². The van der Waals surface area contributed by atoms with Gasteiger partial charge in [-0.1, -0.05) is 11.6 Å². The Hall–Kier alpha value is -1.68. The summed E-state index contributed by atoms with van der Waals surface area (Å²) in [5, 5.41) is 2.72. The number of sulfonamides is 1. The highest BCUT2D eigenvalue weighted by Gasteiger charge is 2.17. The molecule has 0 bridgehead atoms. The van der Waals surface area contributed by atoms with Crippen LogP contribution in [0.5, 0.6) is 5.75 Å². The van der Waals surface area contributed by atoms with Crippen LogP contribution in [0.4, 0.5) is 0 Å². The summed E-state index contributed by atoms with van der Waals surface area (Å²) >= 11 is 7.45. The van der Waals surface area contributed by atoms with Gasteiger partial charge in [0.2, 0.25) is 10.0 Å². The van der Waals surface area contributed by atoms with Crippen LogP contribution in [-0.4, -0.2) is 33.1 Å². The van der Waals surface area contributed by atoms with Gasteiger partial charge in [0.1, 0.15) is 5.75 Å². The number of methoxy groups -OCH3 is 1. The maximum absolute atomic E-state index is 12.3. The van der Waals surface area contributed by atoms with E-state index in [1.807, 2.05) is 6.92 Å². The lowest BCUT2D eigenvalue weighted by Gasteiger charge is -2.09. The third kappa shape index (κ3) is 4.91. The number of hydrogen-bond acceptors (Lipinski definition) is 7. The van der Waals surface area contributed by atoms with Crippen molar-refractivity contribution < 1.29 is 22.7 Å². The number of thiazole rings is 1. The molecule has 10 heteroatoms. The molecule has 0 aliphatic rings. The zero-order chi connectivity index (χ0) is 17.7. The third-order valence-corrected chi connectivity index (χ3v) is 5.41. The Bertz CT molecular complexity index is 835. The fourth-order valence-corrected chi connectivity index (χ4v) is 3.64. The number of benzene rings is 1. The first-order chi connectivity index (χ1) is 11.3. The van der Waals surface area contributed by atoms with Crippen molar-refractivity contribution in [2.24, 2.45) is 0 Å². The van der Waals surface area contributed by atoms with Crippen LogP contribution >= 0.6 is 22.9 Å². The van der Waals surface area contributed by atoms with Gasteiger partial charge in [-0.25, -0.2) is 22.9 Å². The van der Waals surface area contributed by atoms with E-state index in [0.29, 0.717) is 5.69 Å². The number of esters is 1. The van der Waals surface area contributed by atoms with Gasteiger partial charge in [0.05, 0.1) is 34.3 Å². The minimum Gasteiger partial charge on any atom is -0.480 e. The molecule has 0 aliphatic heterocycles. The van der Waals surface area contributed by atoms with Crippen LogP contribution in [0, 0.1) is 6.92 Å². The van der Waals surface area contributed by atoms with Crippen LogP contribution in [0.25, 0.3) is 0 Å². The zero-order valence-corrected chi connectivity index (χ0v) is 15.3. The van der Waals surface area contributed by atoms with Gasteiger partial charge in [0.25, 0.3) is 0 Å². The topological polar surface area (TPSA) is 94.6 Å². The van der Waals surface area contributed by atoms with Gasteiger partial charge < -0.3 is 9.47 Å². The molecule has 0 saturated carbocycles. The Balaban J connectivity index is 2.07. The summed E-state index contributed by atoms with van der Waals surface area (Å²) < 4.78 is 36.6. The molecule has 0 aliphatic carbocycles. The molecular weight excluding hydrogens is 376 g/mol. The lowest BCUT2D eigenvalue weighted by Crippen LogP contribution is -2.23. The predicted octanol–water partition coefficient (Wildman–Crippen LogP) is 2.14. The van der Waals surface area contributed by atoms with Gasteiger partial charge in [-0.15, -0.1) is 11.3 Å². The summed E-state index contributed by atoms with van der Waals surface area (Å²) in [6, 6.07) is 3.97. The number of rotatable bonds is 7. The minimum atomic E-state index is -3.74. The normalized spacial score (nSPS) is 11.3. The summed E-state index contributed by atoms with van der Waals surface area (Å²) in [7, 11) is -2.51. The highest BCUT2D eigenvalue weighted by Crippen LogP contribution is 2.27. The molecule has 24 heavy (non-hydrogen) atoms. The van der Waals surface area contributed by atoms with Crippen molar-refractivity contribution in [1.29, 1.82) is 0 Å². The van der Waals surface area contributed by atoms with E-state index in [4.69, 9.17) is 16.3 Å². The van der Waals surface area contributed by atoms with E-state index in [0.717, 1.165) is 5.01 Å². The Kier molecular flexibility index (Phi) is 6.16. The molecular formula is C14H15ClN2O5S2. The average Bonchev–Trinajstić information content (AvgIpc) is 2.97. The molecule has 0 unspecified atom stereocenters. The van der Waals surface area contributed by atoms with Crippen molar-refractivity contribution in [3.8, 4) is 5.75 Å². The zero-order valence-electron chi connectivity index (χ0n) is 12.9. The first-order valence-corrected chi connectivity index (χ1v) is 9.46. The molecule has 2 aromatic rings. The largest absolute Gasteiger partial charge is 0.480 e. The highest BCUT2D eigenvalue weighted by atomic mass is 35.5. The molecule has 2 rings (SSSR count). The number of nitrogens with one attached hydrogen (secondary N) is 1. The molecule has 1 aromatic carbocycles. The molecule has 0 saturated heterocycles. The molecule has 130 valence electrons. The Morgan fingerprint density at radius 3 is 2.75 bits per heavy atom. The lowest BCUT2D eigenvalue weighted by molar-refractivity contribution is -0.142. The number of carbonyl (C=O) groups excluding carboxylic acids is 1. The highest BCUT2D eigenvalue weighted by molar-refractivity contribution is 7.89. The standard InChI is InChI=1S/C14H15ClN2O5S2/c1-9-17-10(8-23-9)6-16-24(19,20)11-3-4-13(12(15)5-11)22-7-14(18)21-2/h3-5,8,16H,6-7H2,1-2H3. The summed E-state index contributed by atoms with van der Waals surface area (Å²) in [5.41, 5.74) is 0.644. The van der Waals surface area contributed by atoms with Crippen LogP contribution in [-0.2, 0) is 26.1 Å². The number of hydrogen-bond donors (Lipinski definition) is 1. The first kappa shape index (κ1) is 18.7. The van der Waals surface area contributed by atoms with Crippen LogP contribution in [0.3, 0.4) is 0 Å². The second kappa shape index (κ2) is 7.93. The molecule has 0 spiro atoms. The second-order valence-corrected chi connectivity index (χ2v) is 7.88. The van der Waals surface area contributed by atoms with Crippen LogP contribution in [0.15, 0.2) is 28.5 Å². The average molecular weight is 391 g/mol. The van der Waals surface area contributed by atoms with Gasteiger partial charge in [-0.3, -0.25) is 0 Å². The van der Waals surface area contributed by atoms with E-state index in [1.165, 1.54) is 36.6 Å². The number of nitrogens with zero attached hydrogens (tertiary/aromatic N) is 1. The number of aromatic nitrogens is 1. The smallest absolute Gasteiger partial charge is 0.343 e. The molecule has 1 N–H and O–H groups in total. The van der Waals surface area contributed by atoms with Gasteiger partial charge in [-0.05, 0) is 25.1 Å². The summed E-state index contributed by atoms with van der Waals surface area (Å²) in [6.45, 7) is 1.62. The van der Waals surface area contributed by atoms with Gasteiger partial charge in [0.15, 0.2) is 6.61 Å².